The van der Waals surface area contributed by atoms with Crippen molar-refractivity contribution in [3.8, 4) is 11.3 Å². The second-order valence-electron chi connectivity index (χ2n) is 7.72. The number of amides is 1. The predicted molar refractivity (Wildman–Crippen MR) is 121 cm³/mol. The van der Waals surface area contributed by atoms with Gasteiger partial charge in [-0.05, 0) is 30.7 Å². The van der Waals surface area contributed by atoms with Crippen LogP contribution in [0.25, 0.3) is 11.3 Å². The van der Waals surface area contributed by atoms with Crippen LogP contribution in [-0.2, 0) is 6.54 Å². The van der Waals surface area contributed by atoms with Gasteiger partial charge in [0.1, 0.15) is 5.69 Å². The lowest BCUT2D eigenvalue weighted by molar-refractivity contribution is 0.0638. The largest absolute Gasteiger partial charge is 0.336 e. The van der Waals surface area contributed by atoms with Crippen LogP contribution < -0.4 is 0 Å². The number of rotatable bonds is 6. The van der Waals surface area contributed by atoms with Gasteiger partial charge in [-0.2, -0.15) is 5.10 Å². The molecule has 0 atom stereocenters. The zero-order valence-corrected chi connectivity index (χ0v) is 18.1. The van der Waals surface area contributed by atoms with Crippen molar-refractivity contribution < 1.29 is 4.79 Å². The number of halogens is 1. The molecule has 2 aromatic carbocycles. The molecule has 1 saturated heterocycles. The highest BCUT2D eigenvalue weighted by Gasteiger charge is 2.26. The molecule has 0 spiro atoms. The molecule has 2 heterocycles. The lowest BCUT2D eigenvalue weighted by Crippen LogP contribution is -2.48. The van der Waals surface area contributed by atoms with E-state index in [0.717, 1.165) is 50.3 Å². The van der Waals surface area contributed by atoms with Crippen LogP contribution in [0.2, 0.25) is 5.02 Å². The first-order chi connectivity index (χ1) is 14.6. The van der Waals surface area contributed by atoms with Crippen molar-refractivity contribution >= 4 is 17.5 Å². The number of carbonyl (C=O) groups excluding carboxylic acids is 1. The van der Waals surface area contributed by atoms with Crippen LogP contribution in [0.4, 0.5) is 0 Å². The fourth-order valence-electron chi connectivity index (χ4n) is 3.91. The Kier molecular flexibility index (Phi) is 6.50. The molecule has 0 radical (unpaired) electrons. The predicted octanol–water partition coefficient (Wildman–Crippen LogP) is 4.42. The van der Waals surface area contributed by atoms with Gasteiger partial charge in [-0.25, -0.2) is 0 Å². The monoisotopic (exact) mass is 422 g/mol. The summed E-state index contributed by atoms with van der Waals surface area (Å²) in [5, 5.41) is 5.45. The number of aromatic nitrogens is 2. The number of piperazine rings is 1. The minimum atomic E-state index is 0.0513. The molecule has 0 saturated carbocycles. The highest BCUT2D eigenvalue weighted by molar-refractivity contribution is 6.30. The Morgan fingerprint density at radius 1 is 1.00 bits per heavy atom. The van der Waals surface area contributed by atoms with Gasteiger partial charge in [0.05, 0.1) is 12.1 Å². The molecule has 1 amide bonds. The topological polar surface area (TPSA) is 41.4 Å². The van der Waals surface area contributed by atoms with Gasteiger partial charge in [0.15, 0.2) is 0 Å². The maximum atomic E-state index is 13.4. The Labute approximate surface area is 182 Å². The molecule has 1 fully saturated rings. The fraction of sp³-hybridized carbons (Fsp3) is 0.333. The number of hydrogen-bond acceptors (Lipinski definition) is 3. The molecule has 0 N–H and O–H groups in total. The highest BCUT2D eigenvalue weighted by Crippen LogP contribution is 2.26. The van der Waals surface area contributed by atoms with Crippen molar-refractivity contribution in [3.05, 3.63) is 76.9 Å². The molecular weight excluding hydrogens is 396 g/mol. The first kappa shape index (κ1) is 20.6. The summed E-state index contributed by atoms with van der Waals surface area (Å²) in [6.07, 6.45) is 3.03. The van der Waals surface area contributed by atoms with Crippen LogP contribution in [-0.4, -0.2) is 58.2 Å². The van der Waals surface area contributed by atoms with E-state index in [1.807, 2.05) is 58.2 Å². The van der Waals surface area contributed by atoms with Crippen LogP contribution >= 0.6 is 11.6 Å². The lowest BCUT2D eigenvalue weighted by Gasteiger charge is -2.34. The van der Waals surface area contributed by atoms with Crippen LogP contribution in [0.3, 0.4) is 0 Å². The summed E-state index contributed by atoms with van der Waals surface area (Å²) >= 11 is 6.07. The van der Waals surface area contributed by atoms with Crippen LogP contribution in [0, 0.1) is 0 Å². The Balaban J connectivity index is 1.61. The Hall–Kier alpha value is -2.63. The number of benzene rings is 2. The Bertz CT molecular complexity index is 976. The third-order valence-electron chi connectivity index (χ3n) is 5.50. The molecule has 0 unspecified atom stereocenters. The van der Waals surface area contributed by atoms with Gasteiger partial charge in [0.2, 0.25) is 0 Å². The van der Waals surface area contributed by atoms with Crippen molar-refractivity contribution in [2.24, 2.45) is 0 Å². The zero-order valence-electron chi connectivity index (χ0n) is 17.3. The minimum absolute atomic E-state index is 0.0513. The molecular formula is C24H27ClN4O. The van der Waals surface area contributed by atoms with Crippen LogP contribution in [0.5, 0.6) is 0 Å². The smallest absolute Gasteiger partial charge is 0.257 e. The third kappa shape index (κ3) is 4.74. The van der Waals surface area contributed by atoms with E-state index < -0.39 is 0 Å². The van der Waals surface area contributed by atoms with E-state index in [0.29, 0.717) is 22.8 Å². The van der Waals surface area contributed by atoms with Crippen molar-refractivity contribution in [1.29, 1.82) is 0 Å². The first-order valence-corrected chi connectivity index (χ1v) is 10.9. The standard InChI is InChI=1S/C24H27ClN4O/c1-2-12-27-13-15-28(16-14-27)24(30)22-18-29(17-19-6-4-3-5-7-19)26-23(22)20-8-10-21(25)11-9-20/h3-11,18H,2,12-17H2,1H3. The summed E-state index contributed by atoms with van der Waals surface area (Å²) in [5.74, 6) is 0.0513. The average molecular weight is 423 g/mol. The van der Waals surface area contributed by atoms with Gasteiger partial charge in [-0.15, -0.1) is 0 Å². The van der Waals surface area contributed by atoms with E-state index in [9.17, 15) is 4.79 Å². The van der Waals surface area contributed by atoms with Gasteiger partial charge in [0, 0.05) is 43.0 Å². The Morgan fingerprint density at radius 2 is 1.70 bits per heavy atom. The van der Waals surface area contributed by atoms with E-state index in [1.54, 1.807) is 0 Å². The number of carbonyl (C=O) groups is 1. The quantitative estimate of drug-likeness (QED) is 0.590. The average Bonchev–Trinajstić information content (AvgIpc) is 3.19. The molecule has 5 nitrogen and oxygen atoms in total. The zero-order chi connectivity index (χ0) is 20.9. The van der Waals surface area contributed by atoms with Gasteiger partial charge in [0.25, 0.3) is 5.91 Å². The van der Waals surface area contributed by atoms with E-state index in [1.165, 1.54) is 0 Å². The molecule has 6 heteroatoms. The summed E-state index contributed by atoms with van der Waals surface area (Å²) in [5.41, 5.74) is 3.41. The van der Waals surface area contributed by atoms with Crippen LogP contribution in [0.1, 0.15) is 29.3 Å². The molecule has 0 aliphatic carbocycles. The maximum Gasteiger partial charge on any atom is 0.257 e. The molecule has 4 rings (SSSR count). The van der Waals surface area contributed by atoms with E-state index in [2.05, 4.69) is 24.0 Å². The van der Waals surface area contributed by atoms with E-state index in [-0.39, 0.29) is 5.91 Å². The first-order valence-electron chi connectivity index (χ1n) is 10.5. The van der Waals surface area contributed by atoms with Gasteiger partial charge in [-0.3, -0.25) is 14.4 Å². The number of hydrogen-bond donors (Lipinski definition) is 0. The minimum Gasteiger partial charge on any atom is -0.336 e. The van der Waals surface area contributed by atoms with E-state index >= 15 is 0 Å². The molecule has 156 valence electrons. The lowest BCUT2D eigenvalue weighted by atomic mass is 10.1. The summed E-state index contributed by atoms with van der Waals surface area (Å²) in [6.45, 7) is 7.26. The summed E-state index contributed by atoms with van der Waals surface area (Å²) in [4.78, 5) is 17.8. The normalized spacial score (nSPS) is 14.8. The number of nitrogens with zero attached hydrogens (tertiary/aromatic N) is 4. The second-order valence-corrected chi connectivity index (χ2v) is 8.15. The second kappa shape index (κ2) is 9.45. The van der Waals surface area contributed by atoms with Crippen LogP contribution in [0.15, 0.2) is 60.8 Å². The molecule has 1 aromatic heterocycles. The fourth-order valence-corrected chi connectivity index (χ4v) is 4.04. The van der Waals surface area contributed by atoms with E-state index in [4.69, 9.17) is 16.7 Å². The highest BCUT2D eigenvalue weighted by atomic mass is 35.5. The van der Waals surface area contributed by atoms with Crippen molar-refractivity contribution in [2.75, 3.05) is 32.7 Å². The summed E-state index contributed by atoms with van der Waals surface area (Å²) < 4.78 is 1.86. The van der Waals surface area contributed by atoms with Crippen molar-refractivity contribution in [2.45, 2.75) is 19.9 Å². The van der Waals surface area contributed by atoms with Crippen molar-refractivity contribution in [1.82, 2.24) is 19.6 Å². The van der Waals surface area contributed by atoms with Gasteiger partial charge < -0.3 is 4.90 Å². The third-order valence-corrected chi connectivity index (χ3v) is 5.75. The van der Waals surface area contributed by atoms with Gasteiger partial charge in [-0.1, -0.05) is 61.0 Å². The molecule has 3 aromatic rings. The Morgan fingerprint density at radius 3 is 2.37 bits per heavy atom. The molecule has 1 aliphatic rings. The maximum absolute atomic E-state index is 13.4. The van der Waals surface area contributed by atoms with Crippen molar-refractivity contribution in [3.63, 3.8) is 0 Å². The molecule has 0 bridgehead atoms. The van der Waals surface area contributed by atoms with Gasteiger partial charge >= 0.3 is 0 Å². The molecule has 1 aliphatic heterocycles. The summed E-state index contributed by atoms with van der Waals surface area (Å²) in [7, 11) is 0. The SMILES string of the molecule is CCCN1CCN(C(=O)c2cn(Cc3ccccc3)nc2-c2ccc(Cl)cc2)CC1. The summed E-state index contributed by atoms with van der Waals surface area (Å²) in [6, 6.07) is 17.7. The molecule has 30 heavy (non-hydrogen) atoms.